The highest BCUT2D eigenvalue weighted by molar-refractivity contribution is 4.90. The molecule has 0 spiro atoms. The largest absolute Gasteiger partial charge is 0.313 e. The lowest BCUT2D eigenvalue weighted by Crippen LogP contribution is -2.55. The molecule has 1 saturated carbocycles. The van der Waals surface area contributed by atoms with E-state index in [-0.39, 0.29) is 0 Å². The fourth-order valence-corrected chi connectivity index (χ4v) is 3.48. The summed E-state index contributed by atoms with van der Waals surface area (Å²) in [4.78, 5) is 5.34. The molecule has 0 aromatic heterocycles. The van der Waals surface area contributed by atoms with E-state index in [1.807, 2.05) is 0 Å². The van der Waals surface area contributed by atoms with Crippen molar-refractivity contribution in [1.29, 1.82) is 0 Å². The Kier molecular flexibility index (Phi) is 5.72. The molecule has 0 aromatic carbocycles. The molecule has 3 nitrogen and oxygen atoms in total. The molecule has 21 heavy (non-hydrogen) atoms. The third-order valence-corrected chi connectivity index (χ3v) is 5.72. The summed E-state index contributed by atoms with van der Waals surface area (Å²) in [5.74, 6) is 0. The average Bonchev–Trinajstić information content (AvgIpc) is 3.27. The van der Waals surface area contributed by atoms with E-state index >= 15 is 0 Å². The van der Waals surface area contributed by atoms with Crippen molar-refractivity contribution in [1.82, 2.24) is 15.1 Å². The first kappa shape index (κ1) is 17.2. The van der Waals surface area contributed by atoms with Gasteiger partial charge in [-0.1, -0.05) is 13.8 Å². The van der Waals surface area contributed by atoms with Crippen molar-refractivity contribution < 1.29 is 0 Å². The standard InChI is InChI=1S/C18H37N3/c1-6-18(7-2,14-19-16-8-9-16)15-20-10-12-21(13-11-20)17(3,4)5/h16,19H,6-15H2,1-5H3. The zero-order valence-electron chi connectivity index (χ0n) is 15.0. The molecule has 0 amide bonds. The van der Waals surface area contributed by atoms with Crippen molar-refractivity contribution in [3.63, 3.8) is 0 Å². The Labute approximate surface area is 132 Å². The maximum absolute atomic E-state index is 3.78. The summed E-state index contributed by atoms with van der Waals surface area (Å²) in [6.45, 7) is 19.2. The Hall–Kier alpha value is -0.120. The first-order valence-corrected chi connectivity index (χ1v) is 9.09. The van der Waals surface area contributed by atoms with Gasteiger partial charge in [-0.25, -0.2) is 0 Å². The fourth-order valence-electron chi connectivity index (χ4n) is 3.48. The average molecular weight is 296 g/mol. The highest BCUT2D eigenvalue weighted by atomic mass is 15.3. The first-order chi connectivity index (χ1) is 9.88. The summed E-state index contributed by atoms with van der Waals surface area (Å²) in [7, 11) is 0. The molecule has 2 fully saturated rings. The first-order valence-electron chi connectivity index (χ1n) is 9.09. The molecule has 2 rings (SSSR count). The van der Waals surface area contributed by atoms with E-state index in [1.54, 1.807) is 0 Å². The number of nitrogens with one attached hydrogen (secondary N) is 1. The lowest BCUT2D eigenvalue weighted by Gasteiger charge is -2.45. The van der Waals surface area contributed by atoms with Gasteiger partial charge in [0.15, 0.2) is 0 Å². The lowest BCUT2D eigenvalue weighted by atomic mass is 9.81. The SMILES string of the molecule is CCC(CC)(CNC1CC1)CN1CCN(C(C)(C)C)CC1. The molecule has 0 aromatic rings. The van der Waals surface area contributed by atoms with Gasteiger partial charge in [0.1, 0.15) is 0 Å². The highest BCUT2D eigenvalue weighted by Gasteiger charge is 2.33. The van der Waals surface area contributed by atoms with Crippen LogP contribution < -0.4 is 5.32 Å². The smallest absolute Gasteiger partial charge is 0.0126 e. The Balaban J connectivity index is 1.83. The van der Waals surface area contributed by atoms with E-state index in [4.69, 9.17) is 0 Å². The van der Waals surface area contributed by atoms with Crippen LogP contribution in [0.1, 0.15) is 60.3 Å². The molecule has 3 heteroatoms. The minimum Gasteiger partial charge on any atom is -0.313 e. The molecular weight excluding hydrogens is 258 g/mol. The van der Waals surface area contributed by atoms with Crippen LogP contribution >= 0.6 is 0 Å². The normalized spacial score (nSPS) is 22.7. The predicted octanol–water partition coefficient (Wildman–Crippen LogP) is 2.96. The summed E-state index contributed by atoms with van der Waals surface area (Å²) in [5, 5.41) is 3.78. The van der Waals surface area contributed by atoms with Gasteiger partial charge in [-0.3, -0.25) is 4.90 Å². The third kappa shape index (κ3) is 4.94. The second-order valence-corrected chi connectivity index (χ2v) is 8.30. The molecule has 124 valence electrons. The minimum absolute atomic E-state index is 0.326. The van der Waals surface area contributed by atoms with Gasteiger partial charge in [-0.2, -0.15) is 0 Å². The number of nitrogens with zero attached hydrogens (tertiary/aromatic N) is 2. The molecular formula is C18H37N3. The lowest BCUT2D eigenvalue weighted by molar-refractivity contribution is 0.0367. The summed E-state index contributed by atoms with van der Waals surface area (Å²) < 4.78 is 0. The molecule has 0 unspecified atom stereocenters. The quantitative estimate of drug-likeness (QED) is 0.779. The summed E-state index contributed by atoms with van der Waals surface area (Å²) in [5.41, 5.74) is 0.804. The van der Waals surface area contributed by atoms with Gasteiger partial charge in [-0.05, 0) is 51.9 Å². The zero-order chi connectivity index (χ0) is 15.5. The van der Waals surface area contributed by atoms with Crippen LogP contribution in [0.2, 0.25) is 0 Å². The van der Waals surface area contributed by atoms with Crippen LogP contribution in [0.15, 0.2) is 0 Å². The van der Waals surface area contributed by atoms with Crippen LogP contribution in [0.3, 0.4) is 0 Å². The van der Waals surface area contributed by atoms with E-state index in [1.165, 1.54) is 65.0 Å². The van der Waals surface area contributed by atoms with Gasteiger partial charge >= 0.3 is 0 Å². The highest BCUT2D eigenvalue weighted by Crippen LogP contribution is 2.30. The minimum atomic E-state index is 0.326. The monoisotopic (exact) mass is 295 g/mol. The van der Waals surface area contributed by atoms with E-state index in [2.05, 4.69) is 49.7 Å². The molecule has 1 aliphatic heterocycles. The summed E-state index contributed by atoms with van der Waals surface area (Å²) in [6.07, 6.45) is 5.38. The van der Waals surface area contributed by atoms with Gasteiger partial charge in [0.05, 0.1) is 0 Å². The van der Waals surface area contributed by atoms with Crippen LogP contribution in [0.25, 0.3) is 0 Å². The van der Waals surface area contributed by atoms with Crippen molar-refractivity contribution in [2.24, 2.45) is 5.41 Å². The van der Waals surface area contributed by atoms with Gasteiger partial charge < -0.3 is 10.2 Å². The Morgan fingerprint density at radius 1 is 0.952 bits per heavy atom. The van der Waals surface area contributed by atoms with Gasteiger partial charge in [-0.15, -0.1) is 0 Å². The summed E-state index contributed by atoms with van der Waals surface area (Å²) >= 11 is 0. The molecule has 1 heterocycles. The Morgan fingerprint density at radius 3 is 1.95 bits per heavy atom. The second-order valence-electron chi connectivity index (χ2n) is 8.30. The number of hydrogen-bond acceptors (Lipinski definition) is 3. The fraction of sp³-hybridized carbons (Fsp3) is 1.00. The number of piperazine rings is 1. The second kappa shape index (κ2) is 6.97. The molecule has 1 saturated heterocycles. The predicted molar refractivity (Wildman–Crippen MR) is 91.8 cm³/mol. The number of hydrogen-bond donors (Lipinski definition) is 1. The van der Waals surface area contributed by atoms with Crippen molar-refractivity contribution in [3.05, 3.63) is 0 Å². The van der Waals surface area contributed by atoms with Gasteiger partial charge in [0.25, 0.3) is 0 Å². The van der Waals surface area contributed by atoms with Crippen LogP contribution in [0, 0.1) is 5.41 Å². The summed E-state index contributed by atoms with van der Waals surface area (Å²) in [6, 6.07) is 0.834. The van der Waals surface area contributed by atoms with Crippen molar-refractivity contribution in [2.75, 3.05) is 39.3 Å². The maximum atomic E-state index is 3.78. The van der Waals surface area contributed by atoms with Crippen molar-refractivity contribution >= 4 is 0 Å². The van der Waals surface area contributed by atoms with Crippen molar-refractivity contribution in [3.8, 4) is 0 Å². The van der Waals surface area contributed by atoms with Gasteiger partial charge in [0.2, 0.25) is 0 Å². The van der Waals surface area contributed by atoms with E-state index in [0.29, 0.717) is 11.0 Å². The van der Waals surface area contributed by atoms with Crippen LogP contribution in [-0.2, 0) is 0 Å². The molecule has 1 aliphatic carbocycles. The zero-order valence-corrected chi connectivity index (χ0v) is 15.0. The van der Waals surface area contributed by atoms with E-state index in [9.17, 15) is 0 Å². The van der Waals surface area contributed by atoms with Gasteiger partial charge in [0, 0.05) is 50.8 Å². The third-order valence-electron chi connectivity index (χ3n) is 5.72. The Morgan fingerprint density at radius 2 is 1.52 bits per heavy atom. The molecule has 0 atom stereocenters. The van der Waals surface area contributed by atoms with Crippen molar-refractivity contribution in [2.45, 2.75) is 71.9 Å². The van der Waals surface area contributed by atoms with Crippen LogP contribution in [0.4, 0.5) is 0 Å². The number of rotatable bonds is 7. The van der Waals surface area contributed by atoms with Crippen LogP contribution in [0.5, 0.6) is 0 Å². The van der Waals surface area contributed by atoms with E-state index in [0.717, 1.165) is 6.04 Å². The molecule has 0 bridgehead atoms. The van der Waals surface area contributed by atoms with E-state index < -0.39 is 0 Å². The molecule has 2 aliphatic rings. The Bertz CT molecular complexity index is 305. The van der Waals surface area contributed by atoms with Crippen LogP contribution in [-0.4, -0.2) is 60.6 Å². The molecule has 1 N–H and O–H groups in total. The maximum Gasteiger partial charge on any atom is 0.0126 e. The molecule has 0 radical (unpaired) electrons. The topological polar surface area (TPSA) is 18.5 Å².